The van der Waals surface area contributed by atoms with Gasteiger partial charge < -0.3 is 5.32 Å². The smallest absolute Gasteiger partial charge is 0.234 e. The van der Waals surface area contributed by atoms with Gasteiger partial charge in [0.05, 0.1) is 11.3 Å². The third kappa shape index (κ3) is 5.26. The average Bonchev–Trinajstić information content (AvgIpc) is 2.48. The molecule has 1 N–H and O–H groups in total. The van der Waals surface area contributed by atoms with Crippen molar-refractivity contribution in [2.45, 2.75) is 38.5 Å². The van der Waals surface area contributed by atoms with Crippen LogP contribution in [0.15, 0.2) is 24.3 Å². The third-order valence-corrected chi connectivity index (χ3v) is 6.34. The van der Waals surface area contributed by atoms with Gasteiger partial charge in [-0.15, -0.1) is 11.8 Å². The summed E-state index contributed by atoms with van der Waals surface area (Å²) in [6.45, 7) is 6.53. The van der Waals surface area contributed by atoms with Gasteiger partial charge in [-0.05, 0) is 30.4 Å². The highest BCUT2D eigenvalue weighted by atomic mass is 32.2. The predicted molar refractivity (Wildman–Crippen MR) is 95.1 cm³/mol. The first kappa shape index (κ1) is 16.8. The summed E-state index contributed by atoms with van der Waals surface area (Å²) in [6.07, 6.45) is 1.11. The second kappa shape index (κ2) is 8.14. The molecular weight excluding hydrogens is 298 g/mol. The Hall–Kier alpha value is -0.610. The molecule has 0 spiro atoms. The fraction of sp³-hybridized carbons (Fsp3) is 0.588. The number of benzene rings is 1. The van der Waals surface area contributed by atoms with Crippen molar-refractivity contribution in [2.75, 3.05) is 17.3 Å². The molecule has 1 aromatic rings. The number of nitrogens with one attached hydrogen (secondary N) is 1. The molecule has 1 fully saturated rings. The fourth-order valence-corrected chi connectivity index (χ4v) is 5.01. The molecule has 1 saturated heterocycles. The molecule has 2 nitrogen and oxygen atoms in total. The molecule has 1 aliphatic heterocycles. The zero-order valence-corrected chi connectivity index (χ0v) is 14.7. The molecule has 116 valence electrons. The largest absolute Gasteiger partial charge is 0.349 e. The number of thioether (sulfide) groups is 2. The van der Waals surface area contributed by atoms with E-state index in [0.29, 0.717) is 5.92 Å². The number of hydrogen-bond acceptors (Lipinski definition) is 3. The van der Waals surface area contributed by atoms with Gasteiger partial charge in [-0.1, -0.05) is 38.1 Å². The standard InChI is InChI=1S/C17H25NOS2/c1-12(2)10-14-4-6-15(7-5-14)13(3)18-17(19)16-11-20-8-9-21-16/h4-7,12-13,16H,8-11H2,1-3H3,(H,18,19). The van der Waals surface area contributed by atoms with E-state index in [2.05, 4.69) is 50.4 Å². The lowest BCUT2D eigenvalue weighted by atomic mass is 10.00. The molecule has 1 heterocycles. The van der Waals surface area contributed by atoms with Crippen molar-refractivity contribution in [1.29, 1.82) is 0 Å². The van der Waals surface area contributed by atoms with E-state index >= 15 is 0 Å². The molecule has 0 aliphatic carbocycles. The maximum atomic E-state index is 12.2. The van der Waals surface area contributed by atoms with Crippen molar-refractivity contribution < 1.29 is 4.79 Å². The summed E-state index contributed by atoms with van der Waals surface area (Å²) in [5.41, 5.74) is 2.55. The van der Waals surface area contributed by atoms with Crippen LogP contribution in [-0.2, 0) is 11.2 Å². The summed E-state index contributed by atoms with van der Waals surface area (Å²) in [5, 5.41) is 3.27. The normalized spacial score (nSPS) is 20.3. The number of carbonyl (C=O) groups is 1. The molecule has 0 aromatic heterocycles. The summed E-state index contributed by atoms with van der Waals surface area (Å²) in [4.78, 5) is 12.2. The SMILES string of the molecule is CC(C)Cc1ccc(C(C)NC(=O)C2CSCCS2)cc1. The van der Waals surface area contributed by atoms with Crippen molar-refractivity contribution in [2.24, 2.45) is 5.92 Å². The van der Waals surface area contributed by atoms with Gasteiger partial charge in [0.25, 0.3) is 0 Å². The molecule has 21 heavy (non-hydrogen) atoms. The second-order valence-corrected chi connectivity index (χ2v) is 8.46. The zero-order valence-electron chi connectivity index (χ0n) is 13.1. The van der Waals surface area contributed by atoms with Crippen LogP contribution in [0.1, 0.15) is 37.9 Å². The van der Waals surface area contributed by atoms with Crippen molar-refractivity contribution in [1.82, 2.24) is 5.32 Å². The first-order valence-corrected chi connectivity index (χ1v) is 9.85. The highest BCUT2D eigenvalue weighted by Gasteiger charge is 2.23. The van der Waals surface area contributed by atoms with E-state index in [0.717, 1.165) is 17.9 Å². The number of carbonyl (C=O) groups excluding carboxylic acids is 1. The number of hydrogen-bond donors (Lipinski definition) is 1. The summed E-state index contributed by atoms with van der Waals surface area (Å²) >= 11 is 3.67. The van der Waals surface area contributed by atoms with Crippen LogP contribution >= 0.6 is 23.5 Å². The highest BCUT2D eigenvalue weighted by Crippen LogP contribution is 2.25. The van der Waals surface area contributed by atoms with Gasteiger partial charge in [-0.2, -0.15) is 11.8 Å². The molecule has 4 heteroatoms. The van der Waals surface area contributed by atoms with Gasteiger partial charge in [0.1, 0.15) is 0 Å². The molecule has 2 rings (SSSR count). The van der Waals surface area contributed by atoms with Gasteiger partial charge in [-0.25, -0.2) is 0 Å². The van der Waals surface area contributed by atoms with Gasteiger partial charge in [0.15, 0.2) is 0 Å². The average molecular weight is 324 g/mol. The van der Waals surface area contributed by atoms with Crippen LogP contribution in [-0.4, -0.2) is 28.4 Å². The molecule has 1 aromatic carbocycles. The molecule has 2 atom stereocenters. The Kier molecular flexibility index (Phi) is 6.49. The number of amides is 1. The molecule has 2 unspecified atom stereocenters. The van der Waals surface area contributed by atoms with Crippen LogP contribution in [0.2, 0.25) is 0 Å². The Morgan fingerprint density at radius 1 is 1.24 bits per heavy atom. The summed E-state index contributed by atoms with van der Waals surface area (Å²) < 4.78 is 0. The van der Waals surface area contributed by atoms with Crippen LogP contribution in [0.25, 0.3) is 0 Å². The molecule has 1 aliphatic rings. The van der Waals surface area contributed by atoms with E-state index in [1.54, 1.807) is 11.8 Å². The Bertz CT molecular complexity index is 452. The van der Waals surface area contributed by atoms with Crippen LogP contribution in [0, 0.1) is 5.92 Å². The van der Waals surface area contributed by atoms with E-state index < -0.39 is 0 Å². The van der Waals surface area contributed by atoms with Crippen LogP contribution in [0.5, 0.6) is 0 Å². The van der Waals surface area contributed by atoms with Gasteiger partial charge >= 0.3 is 0 Å². The Morgan fingerprint density at radius 2 is 1.95 bits per heavy atom. The Labute approximate surface area is 136 Å². The van der Waals surface area contributed by atoms with Crippen LogP contribution in [0.3, 0.4) is 0 Å². The highest BCUT2D eigenvalue weighted by molar-refractivity contribution is 8.07. The van der Waals surface area contributed by atoms with Gasteiger partial charge in [0.2, 0.25) is 5.91 Å². The quantitative estimate of drug-likeness (QED) is 0.891. The van der Waals surface area contributed by atoms with E-state index in [4.69, 9.17) is 0 Å². The lowest BCUT2D eigenvalue weighted by molar-refractivity contribution is -0.120. The maximum absolute atomic E-state index is 12.2. The molecule has 1 amide bonds. The molecular formula is C17H25NOS2. The lowest BCUT2D eigenvalue weighted by Crippen LogP contribution is -2.37. The van der Waals surface area contributed by atoms with Crippen molar-refractivity contribution in [3.63, 3.8) is 0 Å². The lowest BCUT2D eigenvalue weighted by Gasteiger charge is -2.23. The predicted octanol–water partition coefficient (Wildman–Crippen LogP) is 3.91. The first-order valence-electron chi connectivity index (χ1n) is 7.65. The fourth-order valence-electron chi connectivity index (χ4n) is 2.44. The zero-order chi connectivity index (χ0) is 15.2. The number of rotatable bonds is 5. The third-order valence-electron chi connectivity index (χ3n) is 3.59. The minimum absolute atomic E-state index is 0.0816. The maximum Gasteiger partial charge on any atom is 0.234 e. The van der Waals surface area contributed by atoms with Crippen molar-refractivity contribution in [3.05, 3.63) is 35.4 Å². The van der Waals surface area contributed by atoms with Crippen molar-refractivity contribution >= 4 is 29.4 Å². The monoisotopic (exact) mass is 323 g/mol. The van der Waals surface area contributed by atoms with E-state index in [9.17, 15) is 4.79 Å². The minimum atomic E-state index is 0.0816. The topological polar surface area (TPSA) is 29.1 Å². The van der Waals surface area contributed by atoms with E-state index in [-0.39, 0.29) is 17.2 Å². The Morgan fingerprint density at radius 3 is 2.52 bits per heavy atom. The van der Waals surface area contributed by atoms with E-state index in [1.807, 2.05) is 11.8 Å². The molecule has 0 radical (unpaired) electrons. The van der Waals surface area contributed by atoms with Gasteiger partial charge in [0, 0.05) is 17.3 Å². The summed E-state index contributed by atoms with van der Waals surface area (Å²) in [5.74, 6) is 4.05. The van der Waals surface area contributed by atoms with Crippen molar-refractivity contribution in [3.8, 4) is 0 Å². The van der Waals surface area contributed by atoms with Crippen LogP contribution in [0.4, 0.5) is 0 Å². The summed E-state index contributed by atoms with van der Waals surface area (Å²) in [6, 6.07) is 8.74. The van der Waals surface area contributed by atoms with E-state index in [1.165, 1.54) is 16.9 Å². The van der Waals surface area contributed by atoms with Gasteiger partial charge in [-0.3, -0.25) is 4.79 Å². The second-order valence-electron chi connectivity index (χ2n) is 6.00. The Balaban J connectivity index is 1.90. The van der Waals surface area contributed by atoms with Crippen LogP contribution < -0.4 is 5.32 Å². The first-order chi connectivity index (χ1) is 10.1. The molecule has 0 saturated carbocycles. The minimum Gasteiger partial charge on any atom is -0.349 e. The summed E-state index contributed by atoms with van der Waals surface area (Å²) in [7, 11) is 0. The molecule has 0 bridgehead atoms.